The van der Waals surface area contributed by atoms with Gasteiger partial charge >= 0.3 is 0 Å². The van der Waals surface area contributed by atoms with Crippen molar-refractivity contribution in [3.8, 4) is 6.07 Å². The molecule has 0 saturated carbocycles. The molecule has 2 aliphatic rings. The number of hydrogen-bond donors (Lipinski definition) is 0. The number of hydrogen-bond acceptors (Lipinski definition) is 5. The Bertz CT molecular complexity index is 936. The van der Waals surface area contributed by atoms with Gasteiger partial charge in [-0.25, -0.2) is 9.88 Å². The van der Waals surface area contributed by atoms with Gasteiger partial charge in [-0.1, -0.05) is 36.4 Å². The van der Waals surface area contributed by atoms with Gasteiger partial charge in [0.1, 0.15) is 11.1 Å². The number of benzene rings is 1. The van der Waals surface area contributed by atoms with Gasteiger partial charge in [-0.05, 0) is 49.4 Å². The predicted molar refractivity (Wildman–Crippen MR) is 103 cm³/mol. The van der Waals surface area contributed by atoms with Gasteiger partial charge in [0, 0.05) is 12.1 Å². The van der Waals surface area contributed by atoms with Crippen molar-refractivity contribution in [1.82, 2.24) is 4.98 Å². The summed E-state index contributed by atoms with van der Waals surface area (Å²) in [6.45, 7) is 0. The molecule has 1 atom stereocenters. The minimum Gasteiger partial charge on any atom is -0.274 e. The number of carbonyl (C=O) groups is 2. The first-order valence-electron chi connectivity index (χ1n) is 9.19. The summed E-state index contributed by atoms with van der Waals surface area (Å²) in [6.07, 6.45) is 5.36. The average Bonchev–Trinajstić information content (AvgIpc) is 2.84. The van der Waals surface area contributed by atoms with Crippen LogP contribution in [0.1, 0.15) is 42.5 Å². The third-order valence-electron chi connectivity index (χ3n) is 5.01. The maximum atomic E-state index is 12.8. The number of nitriles is 1. The number of imide groups is 1. The molecule has 0 radical (unpaired) electrons. The monoisotopic (exact) mass is 377 g/mol. The van der Waals surface area contributed by atoms with E-state index in [0.717, 1.165) is 36.9 Å². The van der Waals surface area contributed by atoms with Gasteiger partial charge in [0.25, 0.3) is 0 Å². The fraction of sp³-hybridized carbons (Fsp3) is 0.333. The first kappa shape index (κ1) is 17.7. The number of nitrogens with zero attached hydrogens (tertiary/aromatic N) is 3. The third kappa shape index (κ3) is 3.47. The first-order chi connectivity index (χ1) is 13.2. The summed E-state index contributed by atoms with van der Waals surface area (Å²) in [5, 5.41) is 9.57. The molecule has 1 aliphatic carbocycles. The van der Waals surface area contributed by atoms with Crippen molar-refractivity contribution >= 4 is 29.3 Å². The van der Waals surface area contributed by atoms with Crippen LogP contribution < -0.4 is 4.90 Å². The number of aryl methyl sites for hydroxylation is 2. The number of para-hydroxylation sites is 1. The zero-order valence-electron chi connectivity index (χ0n) is 14.9. The van der Waals surface area contributed by atoms with Gasteiger partial charge in [-0.3, -0.25) is 9.59 Å². The number of pyridine rings is 1. The van der Waals surface area contributed by atoms with Gasteiger partial charge in [0.05, 0.1) is 16.5 Å². The van der Waals surface area contributed by atoms with E-state index in [0.29, 0.717) is 16.3 Å². The van der Waals surface area contributed by atoms with Crippen molar-refractivity contribution in [2.75, 3.05) is 4.90 Å². The largest absolute Gasteiger partial charge is 0.274 e. The summed E-state index contributed by atoms with van der Waals surface area (Å²) in [7, 11) is 0. The van der Waals surface area contributed by atoms with Crippen molar-refractivity contribution in [3.63, 3.8) is 0 Å². The molecule has 5 nitrogen and oxygen atoms in total. The second-order valence-corrected chi connectivity index (χ2v) is 8.02. The Kier molecular flexibility index (Phi) is 4.95. The number of anilines is 1. The lowest BCUT2D eigenvalue weighted by Gasteiger charge is -2.15. The molecule has 0 N–H and O–H groups in total. The standard InChI is InChI=1S/C21H19N3O2S/c22-13-15-11-14-7-3-1-6-10-17(14)23-20(15)27-18-12-19(25)24(21(18)26)16-8-4-2-5-9-16/h2,4-5,8-9,11,18H,1,3,6-7,10,12H2. The molecule has 2 heterocycles. The Morgan fingerprint density at radius 2 is 1.89 bits per heavy atom. The van der Waals surface area contributed by atoms with E-state index in [2.05, 4.69) is 6.07 Å². The molecule has 2 aromatic rings. The molecular formula is C21H19N3O2S. The predicted octanol–water partition coefficient (Wildman–Crippen LogP) is 3.65. The molecule has 1 fully saturated rings. The highest BCUT2D eigenvalue weighted by molar-refractivity contribution is 8.00. The van der Waals surface area contributed by atoms with Crippen LogP contribution in [-0.4, -0.2) is 22.0 Å². The Balaban J connectivity index is 1.61. The van der Waals surface area contributed by atoms with Crippen LogP contribution in [0.3, 0.4) is 0 Å². The second kappa shape index (κ2) is 7.53. The minimum atomic E-state index is -0.541. The van der Waals surface area contributed by atoms with Crippen LogP contribution >= 0.6 is 11.8 Å². The molecule has 6 heteroatoms. The van der Waals surface area contributed by atoms with Crippen molar-refractivity contribution in [1.29, 1.82) is 5.26 Å². The smallest absolute Gasteiger partial charge is 0.247 e. The molecule has 1 aromatic carbocycles. The molecule has 2 amide bonds. The molecule has 0 bridgehead atoms. The highest BCUT2D eigenvalue weighted by Crippen LogP contribution is 2.35. The van der Waals surface area contributed by atoms with Crippen LogP contribution in [0.4, 0.5) is 5.69 Å². The molecule has 1 unspecified atom stereocenters. The molecular weight excluding hydrogens is 358 g/mol. The summed E-state index contributed by atoms with van der Waals surface area (Å²) >= 11 is 1.25. The minimum absolute atomic E-state index is 0.127. The van der Waals surface area contributed by atoms with Gasteiger partial charge in [-0.2, -0.15) is 5.26 Å². The van der Waals surface area contributed by atoms with Gasteiger partial charge in [0.15, 0.2) is 0 Å². The van der Waals surface area contributed by atoms with E-state index in [1.807, 2.05) is 12.1 Å². The Hall–Kier alpha value is -2.65. The SMILES string of the molecule is N#Cc1cc2c(nc1SC1CC(=O)N(c3ccccc3)C1=O)CCCCC2. The fourth-order valence-corrected chi connectivity index (χ4v) is 4.74. The number of rotatable bonds is 3. The highest BCUT2D eigenvalue weighted by Gasteiger charge is 2.40. The van der Waals surface area contributed by atoms with E-state index >= 15 is 0 Å². The zero-order valence-corrected chi connectivity index (χ0v) is 15.7. The van der Waals surface area contributed by atoms with Crippen molar-refractivity contribution in [2.45, 2.75) is 48.8 Å². The molecule has 27 heavy (non-hydrogen) atoms. The quantitative estimate of drug-likeness (QED) is 0.603. The Morgan fingerprint density at radius 1 is 1.11 bits per heavy atom. The van der Waals surface area contributed by atoms with E-state index in [9.17, 15) is 14.9 Å². The van der Waals surface area contributed by atoms with E-state index in [1.54, 1.807) is 24.3 Å². The average molecular weight is 377 g/mol. The fourth-order valence-electron chi connectivity index (χ4n) is 3.64. The molecule has 1 aromatic heterocycles. The number of amides is 2. The van der Waals surface area contributed by atoms with E-state index < -0.39 is 5.25 Å². The van der Waals surface area contributed by atoms with Crippen LogP contribution in [0.15, 0.2) is 41.4 Å². The number of thioether (sulfide) groups is 1. The molecule has 1 aliphatic heterocycles. The summed E-state index contributed by atoms with van der Waals surface area (Å²) in [5.41, 5.74) is 3.27. The van der Waals surface area contributed by atoms with Crippen LogP contribution in [0.5, 0.6) is 0 Å². The maximum absolute atomic E-state index is 12.8. The summed E-state index contributed by atoms with van der Waals surface area (Å²) in [6, 6.07) is 13.1. The third-order valence-corrected chi connectivity index (χ3v) is 6.20. The molecule has 4 rings (SSSR count). The number of carbonyl (C=O) groups excluding carboxylic acids is 2. The molecule has 0 spiro atoms. The maximum Gasteiger partial charge on any atom is 0.247 e. The van der Waals surface area contributed by atoms with E-state index in [4.69, 9.17) is 4.98 Å². The first-order valence-corrected chi connectivity index (χ1v) is 10.1. The lowest BCUT2D eigenvalue weighted by Crippen LogP contribution is -2.31. The van der Waals surface area contributed by atoms with Gasteiger partial charge in [0.2, 0.25) is 11.8 Å². The summed E-state index contributed by atoms with van der Waals surface area (Å²) in [5.74, 6) is -0.450. The van der Waals surface area contributed by atoms with Crippen molar-refractivity contribution < 1.29 is 9.59 Å². The lowest BCUT2D eigenvalue weighted by atomic mass is 10.1. The summed E-state index contributed by atoms with van der Waals surface area (Å²) in [4.78, 5) is 31.2. The van der Waals surface area contributed by atoms with Crippen LogP contribution in [0.25, 0.3) is 0 Å². The van der Waals surface area contributed by atoms with Gasteiger partial charge in [-0.15, -0.1) is 0 Å². The van der Waals surface area contributed by atoms with Crippen molar-refractivity contribution in [2.24, 2.45) is 0 Å². The van der Waals surface area contributed by atoms with Crippen LogP contribution in [0, 0.1) is 11.3 Å². The normalized spacial score (nSPS) is 19.5. The Morgan fingerprint density at radius 3 is 2.67 bits per heavy atom. The zero-order chi connectivity index (χ0) is 18.8. The topological polar surface area (TPSA) is 74.1 Å². The molecule has 1 saturated heterocycles. The lowest BCUT2D eigenvalue weighted by molar-refractivity contribution is -0.121. The van der Waals surface area contributed by atoms with Crippen LogP contribution in [-0.2, 0) is 22.4 Å². The summed E-state index contributed by atoms with van der Waals surface area (Å²) < 4.78 is 0. The van der Waals surface area contributed by atoms with E-state index in [-0.39, 0.29) is 18.2 Å². The number of aromatic nitrogens is 1. The second-order valence-electron chi connectivity index (χ2n) is 6.83. The van der Waals surface area contributed by atoms with Crippen LogP contribution in [0.2, 0.25) is 0 Å². The molecule has 136 valence electrons. The number of fused-ring (bicyclic) bond motifs is 1. The van der Waals surface area contributed by atoms with Crippen molar-refractivity contribution in [3.05, 3.63) is 53.2 Å². The Labute approximate surface area is 162 Å². The highest BCUT2D eigenvalue weighted by atomic mass is 32.2. The van der Waals surface area contributed by atoms with E-state index in [1.165, 1.54) is 23.1 Å². The van der Waals surface area contributed by atoms with Gasteiger partial charge < -0.3 is 0 Å².